The lowest BCUT2D eigenvalue weighted by Crippen LogP contribution is -2.55. The van der Waals surface area contributed by atoms with Crippen LogP contribution in [0.25, 0.3) is 6.08 Å². The average molecular weight is 430 g/mol. The van der Waals surface area contributed by atoms with Crippen molar-refractivity contribution in [3.8, 4) is 0 Å². The molecule has 1 amide bonds. The van der Waals surface area contributed by atoms with Crippen molar-refractivity contribution in [3.63, 3.8) is 0 Å². The van der Waals surface area contributed by atoms with Gasteiger partial charge in [0.25, 0.3) is 0 Å². The van der Waals surface area contributed by atoms with Crippen molar-refractivity contribution in [3.05, 3.63) is 66.5 Å². The van der Waals surface area contributed by atoms with E-state index in [1.807, 2.05) is 30.3 Å². The number of rotatable bonds is 5. The van der Waals surface area contributed by atoms with Crippen LogP contribution in [0.4, 0.5) is 5.69 Å². The number of nitrogens with zero attached hydrogens (tertiary/aromatic N) is 1. The van der Waals surface area contributed by atoms with Gasteiger partial charge in [0.15, 0.2) is 5.11 Å². The Hall–Kier alpha value is -1.86. The first-order valence-electron chi connectivity index (χ1n) is 7.42. The molecule has 0 spiro atoms. The van der Waals surface area contributed by atoms with Crippen LogP contribution in [0.1, 0.15) is 5.56 Å². The molecule has 1 heterocycles. The topological polar surface area (TPSA) is 66.0 Å². The third kappa shape index (κ3) is 7.17. The summed E-state index contributed by atoms with van der Waals surface area (Å²) in [5, 5.41) is 8.48. The maximum absolute atomic E-state index is 12.1. The molecular weight excluding hydrogens is 415 g/mol. The number of carbonyl (C=O) groups is 1. The number of anilines is 1. The van der Waals surface area contributed by atoms with Crippen molar-refractivity contribution in [2.75, 3.05) is 5.32 Å². The standard InChI is InChI=1S/C17H15Cl3N4OS/c18-17(19,20)15(24-16(26)22-13-6-2-1-3-7-13)23-14(25)9-8-12-5-4-10-21-11-12/h1-11,15H,(H,23,25)(H2,22,24,26)/b9-8+. The molecule has 2 rings (SSSR count). The van der Waals surface area contributed by atoms with Crippen LogP contribution in [-0.4, -0.2) is 26.0 Å². The first-order valence-corrected chi connectivity index (χ1v) is 8.97. The van der Waals surface area contributed by atoms with Crippen molar-refractivity contribution in [1.82, 2.24) is 15.6 Å². The highest BCUT2D eigenvalue weighted by Gasteiger charge is 2.34. The van der Waals surface area contributed by atoms with Gasteiger partial charge in [-0.2, -0.15) is 0 Å². The molecule has 3 N–H and O–H groups in total. The fourth-order valence-electron chi connectivity index (χ4n) is 1.86. The predicted molar refractivity (Wildman–Crippen MR) is 111 cm³/mol. The smallest absolute Gasteiger partial charge is 0.245 e. The molecule has 0 saturated heterocycles. The van der Waals surface area contributed by atoms with Gasteiger partial charge in [0.2, 0.25) is 9.70 Å². The molecule has 0 radical (unpaired) electrons. The molecule has 1 aromatic carbocycles. The quantitative estimate of drug-likeness (QED) is 0.291. The van der Waals surface area contributed by atoms with E-state index in [0.29, 0.717) is 0 Å². The number of thiocarbonyl (C=S) groups is 1. The summed E-state index contributed by atoms with van der Waals surface area (Å²) in [6, 6.07) is 12.8. The van der Waals surface area contributed by atoms with Gasteiger partial charge in [-0.3, -0.25) is 9.78 Å². The lowest BCUT2D eigenvalue weighted by Gasteiger charge is -2.27. The van der Waals surface area contributed by atoms with Crippen LogP contribution in [0.5, 0.6) is 0 Å². The molecular formula is C17H15Cl3N4OS. The van der Waals surface area contributed by atoms with Crippen LogP contribution in [0.3, 0.4) is 0 Å². The Kier molecular flexibility index (Phi) is 7.66. The zero-order chi connectivity index (χ0) is 19.0. The van der Waals surface area contributed by atoms with Gasteiger partial charge in [-0.25, -0.2) is 0 Å². The van der Waals surface area contributed by atoms with Crippen molar-refractivity contribution >= 4 is 69.8 Å². The maximum atomic E-state index is 12.1. The van der Waals surface area contributed by atoms with Crippen LogP contribution in [-0.2, 0) is 4.79 Å². The summed E-state index contributed by atoms with van der Waals surface area (Å²) in [6.45, 7) is 0. The Morgan fingerprint density at radius 3 is 2.46 bits per heavy atom. The van der Waals surface area contributed by atoms with Crippen molar-refractivity contribution < 1.29 is 4.79 Å². The number of hydrogen-bond acceptors (Lipinski definition) is 3. The summed E-state index contributed by atoms with van der Waals surface area (Å²) >= 11 is 23.0. The molecule has 0 bridgehead atoms. The number of benzene rings is 1. The second-order valence-corrected chi connectivity index (χ2v) is 7.84. The van der Waals surface area contributed by atoms with Gasteiger partial charge in [-0.1, -0.05) is 59.1 Å². The lowest BCUT2D eigenvalue weighted by atomic mass is 10.2. The first-order chi connectivity index (χ1) is 12.3. The summed E-state index contributed by atoms with van der Waals surface area (Å²) in [6.07, 6.45) is 5.13. The summed E-state index contributed by atoms with van der Waals surface area (Å²) in [5.41, 5.74) is 1.53. The number of hydrogen-bond donors (Lipinski definition) is 3. The van der Waals surface area contributed by atoms with Gasteiger partial charge >= 0.3 is 0 Å². The van der Waals surface area contributed by atoms with Crippen LogP contribution in [0, 0.1) is 0 Å². The molecule has 9 heteroatoms. The lowest BCUT2D eigenvalue weighted by molar-refractivity contribution is -0.117. The molecule has 0 aliphatic rings. The van der Waals surface area contributed by atoms with E-state index in [1.54, 1.807) is 30.6 Å². The van der Waals surface area contributed by atoms with Crippen molar-refractivity contribution in [2.45, 2.75) is 9.96 Å². The Labute approximate surface area is 171 Å². The fraction of sp³-hybridized carbons (Fsp3) is 0.118. The van der Waals surface area contributed by atoms with Crippen LogP contribution in [0.2, 0.25) is 0 Å². The summed E-state index contributed by atoms with van der Waals surface area (Å²) in [5.74, 6) is -0.458. The molecule has 1 aromatic heterocycles. The number of amides is 1. The van der Waals surface area contributed by atoms with Gasteiger partial charge < -0.3 is 16.0 Å². The zero-order valence-electron chi connectivity index (χ0n) is 13.3. The van der Waals surface area contributed by atoms with E-state index in [9.17, 15) is 4.79 Å². The predicted octanol–water partition coefficient (Wildman–Crippen LogP) is 3.89. The van der Waals surface area contributed by atoms with Gasteiger partial charge in [0.1, 0.15) is 6.17 Å². The Morgan fingerprint density at radius 2 is 1.85 bits per heavy atom. The fourth-order valence-corrected chi connectivity index (χ4v) is 2.42. The highest BCUT2D eigenvalue weighted by Crippen LogP contribution is 2.29. The normalized spacial score (nSPS) is 12.4. The van der Waals surface area contributed by atoms with E-state index in [2.05, 4.69) is 20.9 Å². The molecule has 136 valence electrons. The Balaban J connectivity index is 1.97. The van der Waals surface area contributed by atoms with Gasteiger partial charge in [0, 0.05) is 24.2 Å². The SMILES string of the molecule is O=C(/C=C/c1cccnc1)NC(NC(=S)Nc1ccccc1)C(Cl)(Cl)Cl. The van der Waals surface area contributed by atoms with Gasteiger partial charge in [-0.15, -0.1) is 0 Å². The van der Waals surface area contributed by atoms with Gasteiger partial charge in [-0.05, 0) is 42.1 Å². The number of halogens is 3. The highest BCUT2D eigenvalue weighted by atomic mass is 35.6. The number of para-hydroxylation sites is 1. The molecule has 26 heavy (non-hydrogen) atoms. The van der Waals surface area contributed by atoms with Crippen molar-refractivity contribution in [2.24, 2.45) is 0 Å². The summed E-state index contributed by atoms with van der Waals surface area (Å²) in [7, 11) is 0. The molecule has 5 nitrogen and oxygen atoms in total. The van der Waals surface area contributed by atoms with Crippen molar-refractivity contribution in [1.29, 1.82) is 0 Å². The highest BCUT2D eigenvalue weighted by molar-refractivity contribution is 7.80. The minimum absolute atomic E-state index is 0.198. The maximum Gasteiger partial charge on any atom is 0.245 e. The van der Waals surface area contributed by atoms with E-state index >= 15 is 0 Å². The second kappa shape index (κ2) is 9.73. The molecule has 0 fully saturated rings. The number of aromatic nitrogens is 1. The number of nitrogens with one attached hydrogen (secondary N) is 3. The average Bonchev–Trinajstić information content (AvgIpc) is 2.60. The molecule has 2 aromatic rings. The summed E-state index contributed by atoms with van der Waals surface area (Å²) in [4.78, 5) is 16.1. The monoisotopic (exact) mass is 428 g/mol. The van der Waals surface area contributed by atoms with Crippen LogP contribution >= 0.6 is 47.0 Å². The van der Waals surface area contributed by atoms with E-state index in [4.69, 9.17) is 47.0 Å². The number of pyridine rings is 1. The Bertz CT molecular complexity index is 767. The minimum atomic E-state index is -1.82. The minimum Gasteiger partial charge on any atom is -0.339 e. The van der Waals surface area contributed by atoms with E-state index in [-0.39, 0.29) is 5.11 Å². The third-order valence-electron chi connectivity index (χ3n) is 3.03. The van der Waals surface area contributed by atoms with Crippen LogP contribution in [0.15, 0.2) is 60.9 Å². The largest absolute Gasteiger partial charge is 0.339 e. The molecule has 1 atom stereocenters. The Morgan fingerprint density at radius 1 is 1.12 bits per heavy atom. The number of carbonyl (C=O) groups excluding carboxylic acids is 1. The van der Waals surface area contributed by atoms with E-state index in [1.165, 1.54) is 6.08 Å². The van der Waals surface area contributed by atoms with Gasteiger partial charge in [0.05, 0.1) is 0 Å². The molecule has 0 aliphatic carbocycles. The third-order valence-corrected chi connectivity index (χ3v) is 3.91. The zero-order valence-corrected chi connectivity index (χ0v) is 16.4. The number of alkyl halides is 3. The van der Waals surface area contributed by atoms with E-state index in [0.717, 1.165) is 11.3 Å². The molecule has 1 unspecified atom stereocenters. The first kappa shape index (κ1) is 20.5. The van der Waals surface area contributed by atoms with E-state index < -0.39 is 15.9 Å². The molecule has 0 saturated carbocycles. The van der Waals surface area contributed by atoms with Crippen LogP contribution < -0.4 is 16.0 Å². The molecule has 0 aliphatic heterocycles. The summed E-state index contributed by atoms with van der Waals surface area (Å²) < 4.78 is -1.82. The second-order valence-electron chi connectivity index (χ2n) is 5.07.